The third-order valence-corrected chi connectivity index (χ3v) is 3.47. The van der Waals surface area contributed by atoms with Gasteiger partial charge in [0.2, 0.25) is 0 Å². The van der Waals surface area contributed by atoms with Crippen LogP contribution in [0.2, 0.25) is 0 Å². The van der Waals surface area contributed by atoms with Crippen molar-refractivity contribution in [2.45, 2.75) is 19.4 Å². The molecule has 2 rings (SSSR count). The highest BCUT2D eigenvalue weighted by Gasteiger charge is 2.14. The van der Waals surface area contributed by atoms with Gasteiger partial charge >= 0.3 is 0 Å². The van der Waals surface area contributed by atoms with Crippen molar-refractivity contribution in [1.82, 2.24) is 9.55 Å². The molecule has 6 heteroatoms. The number of hydrogen-bond acceptors (Lipinski definition) is 3. The van der Waals surface area contributed by atoms with Gasteiger partial charge in [-0.25, -0.2) is 4.39 Å². The summed E-state index contributed by atoms with van der Waals surface area (Å²) in [6.45, 7) is 2.70. The normalized spacial score (nSPS) is 12.8. The molecule has 1 aromatic carbocycles. The zero-order chi connectivity index (χ0) is 14.0. The van der Waals surface area contributed by atoms with Crippen LogP contribution in [0.5, 0.6) is 5.75 Å². The molecular weight excluding hydrogens is 267 g/mol. The predicted molar refractivity (Wildman–Crippen MR) is 74.8 cm³/mol. The number of aromatic amines is 1. The maximum atomic E-state index is 13.7. The fourth-order valence-corrected chi connectivity index (χ4v) is 2.53. The minimum absolute atomic E-state index is 0.163. The first-order chi connectivity index (χ1) is 9.08. The Labute approximate surface area is 116 Å². The lowest BCUT2D eigenvalue weighted by Crippen LogP contribution is -2.08. The van der Waals surface area contributed by atoms with E-state index >= 15 is 0 Å². The molecule has 19 heavy (non-hydrogen) atoms. The van der Waals surface area contributed by atoms with Crippen LogP contribution in [0.3, 0.4) is 0 Å². The number of fused-ring (bicyclic) bond motifs is 1. The molecule has 0 saturated carbocycles. The summed E-state index contributed by atoms with van der Waals surface area (Å²) < 4.78 is 26.3. The molecule has 104 valence electrons. The van der Waals surface area contributed by atoms with Gasteiger partial charge in [-0.1, -0.05) is 0 Å². The van der Waals surface area contributed by atoms with E-state index in [9.17, 15) is 4.39 Å². The number of hydrogen-bond donors (Lipinski definition) is 1. The van der Waals surface area contributed by atoms with Gasteiger partial charge in [0.1, 0.15) is 0 Å². The van der Waals surface area contributed by atoms with Crippen molar-refractivity contribution in [3.05, 3.63) is 22.7 Å². The second kappa shape index (κ2) is 5.71. The van der Waals surface area contributed by atoms with Crippen LogP contribution in [0, 0.1) is 10.6 Å². The van der Waals surface area contributed by atoms with Crippen LogP contribution in [0.25, 0.3) is 11.0 Å². The summed E-state index contributed by atoms with van der Waals surface area (Å²) in [5.41, 5.74) is 1.51. The molecule has 0 spiro atoms. The number of ether oxygens (including phenoxy) is 2. The summed E-state index contributed by atoms with van der Waals surface area (Å²) in [7, 11) is 3.11. The van der Waals surface area contributed by atoms with Crippen LogP contribution in [0.15, 0.2) is 12.1 Å². The van der Waals surface area contributed by atoms with Crippen molar-refractivity contribution < 1.29 is 13.9 Å². The fourth-order valence-electron chi connectivity index (χ4n) is 2.14. The SMILES string of the molecule is COCCC(C)n1c(=S)[nH]c2cc(F)c(OC)cc21. The number of benzene rings is 1. The Hall–Kier alpha value is -1.40. The molecule has 0 aliphatic carbocycles. The van der Waals surface area contributed by atoms with E-state index in [-0.39, 0.29) is 11.8 Å². The molecule has 0 amide bonds. The molecule has 0 aliphatic rings. The zero-order valence-electron chi connectivity index (χ0n) is 11.2. The summed E-state index contributed by atoms with van der Waals surface area (Å²) in [5.74, 6) is -0.183. The molecule has 0 saturated heterocycles. The van der Waals surface area contributed by atoms with Gasteiger partial charge in [-0.05, 0) is 25.6 Å². The lowest BCUT2D eigenvalue weighted by Gasteiger charge is -2.14. The molecule has 0 bridgehead atoms. The molecular formula is C13H17FN2O2S. The minimum Gasteiger partial charge on any atom is -0.494 e. The third kappa shape index (κ3) is 2.64. The Kier molecular flexibility index (Phi) is 4.21. The van der Waals surface area contributed by atoms with Crippen molar-refractivity contribution >= 4 is 23.3 Å². The van der Waals surface area contributed by atoms with E-state index in [1.807, 2.05) is 4.57 Å². The second-order valence-corrected chi connectivity index (χ2v) is 4.82. The maximum Gasteiger partial charge on any atom is 0.178 e. The van der Waals surface area contributed by atoms with Crippen molar-refractivity contribution in [1.29, 1.82) is 0 Å². The highest BCUT2D eigenvalue weighted by atomic mass is 32.1. The van der Waals surface area contributed by atoms with E-state index in [4.69, 9.17) is 21.7 Å². The second-order valence-electron chi connectivity index (χ2n) is 4.43. The first-order valence-corrected chi connectivity index (χ1v) is 6.46. The van der Waals surface area contributed by atoms with E-state index < -0.39 is 5.82 Å². The quantitative estimate of drug-likeness (QED) is 0.855. The van der Waals surface area contributed by atoms with Crippen LogP contribution in [0.1, 0.15) is 19.4 Å². The Bertz CT molecular complexity index is 635. The molecule has 0 fully saturated rings. The zero-order valence-corrected chi connectivity index (χ0v) is 12.0. The monoisotopic (exact) mass is 284 g/mol. The van der Waals surface area contributed by atoms with Gasteiger partial charge < -0.3 is 19.0 Å². The van der Waals surface area contributed by atoms with Crippen molar-refractivity contribution in [3.8, 4) is 5.75 Å². The highest BCUT2D eigenvalue weighted by molar-refractivity contribution is 7.71. The molecule has 0 radical (unpaired) electrons. The van der Waals surface area contributed by atoms with E-state index in [1.54, 1.807) is 13.2 Å². The first kappa shape index (κ1) is 14.0. The molecule has 2 aromatic rings. The van der Waals surface area contributed by atoms with E-state index in [0.717, 1.165) is 11.9 Å². The molecule has 0 aliphatic heterocycles. The average Bonchev–Trinajstić information content (AvgIpc) is 2.69. The highest BCUT2D eigenvalue weighted by Crippen LogP contribution is 2.27. The standard InChI is InChI=1S/C13H17FN2O2S/c1-8(4-5-17-2)16-11-7-12(18-3)9(14)6-10(11)15-13(16)19/h6-8H,4-5H2,1-3H3,(H,15,19). The van der Waals surface area contributed by atoms with Crippen molar-refractivity contribution in [2.75, 3.05) is 20.8 Å². The van der Waals surface area contributed by atoms with Gasteiger partial charge in [-0.3, -0.25) is 0 Å². The van der Waals surface area contributed by atoms with E-state index in [0.29, 0.717) is 16.9 Å². The van der Waals surface area contributed by atoms with Gasteiger partial charge in [0.05, 0.1) is 18.1 Å². The van der Waals surface area contributed by atoms with Gasteiger partial charge in [0.15, 0.2) is 16.3 Å². The molecule has 1 aromatic heterocycles. The smallest absolute Gasteiger partial charge is 0.178 e. The lowest BCUT2D eigenvalue weighted by molar-refractivity contribution is 0.181. The van der Waals surface area contributed by atoms with Crippen LogP contribution >= 0.6 is 12.2 Å². The van der Waals surface area contributed by atoms with Crippen molar-refractivity contribution in [2.24, 2.45) is 0 Å². The largest absolute Gasteiger partial charge is 0.494 e. The Morgan fingerprint density at radius 3 is 2.79 bits per heavy atom. The number of rotatable bonds is 5. The average molecular weight is 284 g/mol. The van der Waals surface area contributed by atoms with Crippen LogP contribution < -0.4 is 4.74 Å². The number of halogens is 1. The Morgan fingerprint density at radius 2 is 2.16 bits per heavy atom. The van der Waals surface area contributed by atoms with Gasteiger partial charge in [0.25, 0.3) is 0 Å². The van der Waals surface area contributed by atoms with Gasteiger partial charge in [-0.2, -0.15) is 0 Å². The van der Waals surface area contributed by atoms with E-state index in [1.165, 1.54) is 13.2 Å². The lowest BCUT2D eigenvalue weighted by atomic mass is 10.2. The topological polar surface area (TPSA) is 39.2 Å². The summed E-state index contributed by atoms with van der Waals surface area (Å²) in [6, 6.07) is 3.24. The number of nitrogens with zero attached hydrogens (tertiary/aromatic N) is 1. The molecule has 1 unspecified atom stereocenters. The summed E-state index contributed by atoms with van der Waals surface area (Å²) in [4.78, 5) is 3.02. The summed E-state index contributed by atoms with van der Waals surface area (Å²) >= 11 is 5.31. The minimum atomic E-state index is -0.400. The molecule has 4 nitrogen and oxygen atoms in total. The predicted octanol–water partition coefficient (Wildman–Crippen LogP) is 3.44. The van der Waals surface area contributed by atoms with Gasteiger partial charge in [-0.15, -0.1) is 0 Å². The molecule has 1 N–H and O–H groups in total. The molecule has 1 atom stereocenters. The first-order valence-electron chi connectivity index (χ1n) is 6.05. The van der Waals surface area contributed by atoms with Crippen molar-refractivity contribution in [3.63, 3.8) is 0 Å². The number of H-pyrrole nitrogens is 1. The third-order valence-electron chi connectivity index (χ3n) is 3.17. The number of methoxy groups -OCH3 is 2. The molecule has 1 heterocycles. The number of nitrogens with one attached hydrogen (secondary N) is 1. The maximum absolute atomic E-state index is 13.7. The Morgan fingerprint density at radius 1 is 1.42 bits per heavy atom. The summed E-state index contributed by atoms with van der Waals surface area (Å²) in [6.07, 6.45) is 0.831. The number of imidazole rings is 1. The Balaban J connectivity index is 2.54. The van der Waals surface area contributed by atoms with E-state index in [2.05, 4.69) is 11.9 Å². The van der Waals surface area contributed by atoms with Crippen LogP contribution in [0.4, 0.5) is 4.39 Å². The van der Waals surface area contributed by atoms with Gasteiger partial charge in [0, 0.05) is 31.9 Å². The van der Waals surface area contributed by atoms with Crippen LogP contribution in [-0.4, -0.2) is 30.4 Å². The summed E-state index contributed by atoms with van der Waals surface area (Å²) in [5, 5.41) is 0. The van der Waals surface area contributed by atoms with Crippen LogP contribution in [-0.2, 0) is 4.74 Å². The fraction of sp³-hybridized carbons (Fsp3) is 0.462. The number of aromatic nitrogens is 2.